The van der Waals surface area contributed by atoms with Crippen molar-refractivity contribution in [3.05, 3.63) is 42.0 Å². The molecule has 1 saturated carbocycles. The molecule has 1 aliphatic rings. The van der Waals surface area contributed by atoms with Gasteiger partial charge in [0, 0.05) is 0 Å². The number of aldehydes is 1. The fourth-order valence-electron chi connectivity index (χ4n) is 2.27. The molecule has 2 nitrogen and oxygen atoms in total. The Morgan fingerprint density at radius 2 is 1.88 bits per heavy atom. The van der Waals surface area contributed by atoms with Crippen molar-refractivity contribution in [1.82, 2.24) is 0 Å². The lowest BCUT2D eigenvalue weighted by atomic mass is 9.95. The van der Waals surface area contributed by atoms with Gasteiger partial charge >= 0.3 is 0 Å². The highest BCUT2D eigenvalue weighted by molar-refractivity contribution is 5.86. The summed E-state index contributed by atoms with van der Waals surface area (Å²) in [5, 5.41) is 2.31. The summed E-state index contributed by atoms with van der Waals surface area (Å²) in [6.45, 7) is 0. The Bertz CT molecular complexity index is 582. The van der Waals surface area contributed by atoms with Crippen LogP contribution in [0.25, 0.3) is 10.8 Å². The van der Waals surface area contributed by atoms with Crippen LogP contribution >= 0.6 is 0 Å². The minimum Gasteiger partial charge on any atom is -0.497 e. The molecule has 1 aliphatic carbocycles. The third-order valence-corrected chi connectivity index (χ3v) is 3.64. The summed E-state index contributed by atoms with van der Waals surface area (Å²) in [4.78, 5) is 11.1. The molecule has 2 aromatic carbocycles. The SMILES string of the molecule is COc1ccc2ccc(C3(C=O)CC3)cc2c1. The van der Waals surface area contributed by atoms with Crippen LogP contribution in [0.1, 0.15) is 18.4 Å². The summed E-state index contributed by atoms with van der Waals surface area (Å²) >= 11 is 0. The highest BCUT2D eigenvalue weighted by Gasteiger charge is 2.44. The second-order valence-electron chi connectivity index (χ2n) is 4.70. The van der Waals surface area contributed by atoms with E-state index in [4.69, 9.17) is 4.74 Å². The second-order valence-corrected chi connectivity index (χ2v) is 4.70. The van der Waals surface area contributed by atoms with Crippen LogP contribution in [-0.4, -0.2) is 13.4 Å². The van der Waals surface area contributed by atoms with Crippen LogP contribution in [0.2, 0.25) is 0 Å². The number of ether oxygens (including phenoxy) is 1. The Hall–Kier alpha value is -1.83. The first-order chi connectivity index (χ1) is 8.27. The van der Waals surface area contributed by atoms with Crippen LogP contribution in [0, 0.1) is 0 Å². The maximum Gasteiger partial charge on any atom is 0.130 e. The fraction of sp³-hybridized carbons (Fsp3) is 0.267. The lowest BCUT2D eigenvalue weighted by Crippen LogP contribution is -2.07. The predicted molar refractivity (Wildman–Crippen MR) is 67.5 cm³/mol. The Morgan fingerprint density at radius 1 is 1.12 bits per heavy atom. The second kappa shape index (κ2) is 3.59. The van der Waals surface area contributed by atoms with E-state index in [1.807, 2.05) is 18.2 Å². The summed E-state index contributed by atoms with van der Waals surface area (Å²) in [6.07, 6.45) is 3.05. The Balaban J connectivity index is 2.14. The van der Waals surface area contributed by atoms with E-state index < -0.39 is 0 Å². The first kappa shape index (κ1) is 10.3. The van der Waals surface area contributed by atoms with Crippen LogP contribution in [-0.2, 0) is 10.2 Å². The molecule has 0 aliphatic heterocycles. The van der Waals surface area contributed by atoms with E-state index in [0.717, 1.165) is 35.8 Å². The number of benzene rings is 2. The first-order valence-electron chi connectivity index (χ1n) is 5.82. The van der Waals surface area contributed by atoms with Crippen molar-refractivity contribution in [3.63, 3.8) is 0 Å². The van der Waals surface area contributed by atoms with Crippen LogP contribution < -0.4 is 4.74 Å². The summed E-state index contributed by atoms with van der Waals surface area (Å²) in [6, 6.07) is 12.3. The van der Waals surface area contributed by atoms with E-state index in [0.29, 0.717) is 0 Å². The van der Waals surface area contributed by atoms with Crippen molar-refractivity contribution in [2.45, 2.75) is 18.3 Å². The molecule has 1 fully saturated rings. The molecule has 2 heteroatoms. The quantitative estimate of drug-likeness (QED) is 0.752. The molecule has 0 bridgehead atoms. The molecule has 0 saturated heterocycles. The maximum atomic E-state index is 11.1. The average molecular weight is 226 g/mol. The first-order valence-corrected chi connectivity index (χ1v) is 5.82. The summed E-state index contributed by atoms with van der Waals surface area (Å²) < 4.78 is 5.22. The van der Waals surface area contributed by atoms with Gasteiger partial charge in [-0.3, -0.25) is 0 Å². The third kappa shape index (κ3) is 1.60. The summed E-state index contributed by atoms with van der Waals surface area (Å²) in [7, 11) is 1.67. The van der Waals surface area contributed by atoms with Crippen LogP contribution in [0.15, 0.2) is 36.4 Å². The van der Waals surface area contributed by atoms with Crippen LogP contribution in [0.4, 0.5) is 0 Å². The number of carbonyl (C=O) groups excluding carboxylic acids is 1. The Kier molecular flexibility index (Phi) is 2.18. The van der Waals surface area contributed by atoms with E-state index >= 15 is 0 Å². The lowest BCUT2D eigenvalue weighted by molar-refractivity contribution is -0.109. The summed E-state index contributed by atoms with van der Waals surface area (Å²) in [5.41, 5.74) is 0.935. The molecule has 0 heterocycles. The van der Waals surface area contributed by atoms with E-state index in [1.54, 1.807) is 7.11 Å². The smallest absolute Gasteiger partial charge is 0.130 e. The molecule has 0 atom stereocenters. The Morgan fingerprint density at radius 3 is 2.53 bits per heavy atom. The van der Waals surface area contributed by atoms with Gasteiger partial charge in [0.25, 0.3) is 0 Å². The lowest BCUT2D eigenvalue weighted by Gasteiger charge is -2.09. The minimum absolute atomic E-state index is 0.197. The van der Waals surface area contributed by atoms with E-state index in [9.17, 15) is 4.79 Å². The Labute approximate surface area is 100 Å². The highest BCUT2D eigenvalue weighted by atomic mass is 16.5. The largest absolute Gasteiger partial charge is 0.497 e. The van der Waals surface area contributed by atoms with Crippen molar-refractivity contribution in [1.29, 1.82) is 0 Å². The van der Waals surface area contributed by atoms with E-state index in [-0.39, 0.29) is 5.41 Å². The minimum atomic E-state index is -0.197. The maximum absolute atomic E-state index is 11.1. The predicted octanol–water partition coefficient (Wildman–Crippen LogP) is 3.08. The van der Waals surface area contributed by atoms with Crippen molar-refractivity contribution >= 4 is 17.1 Å². The number of carbonyl (C=O) groups is 1. The van der Waals surface area contributed by atoms with E-state index in [1.165, 1.54) is 5.39 Å². The molecule has 0 unspecified atom stereocenters. The number of hydrogen-bond donors (Lipinski definition) is 0. The monoisotopic (exact) mass is 226 g/mol. The zero-order chi connectivity index (χ0) is 11.9. The normalized spacial score (nSPS) is 16.8. The van der Waals surface area contributed by atoms with Gasteiger partial charge in [0.1, 0.15) is 12.0 Å². The molecular weight excluding hydrogens is 212 g/mol. The van der Waals surface area contributed by atoms with Gasteiger partial charge in [-0.25, -0.2) is 0 Å². The van der Waals surface area contributed by atoms with E-state index in [2.05, 4.69) is 18.2 Å². The summed E-state index contributed by atoms with van der Waals surface area (Å²) in [5.74, 6) is 0.852. The van der Waals surface area contributed by atoms with Crippen molar-refractivity contribution in [2.75, 3.05) is 7.11 Å². The third-order valence-electron chi connectivity index (χ3n) is 3.64. The van der Waals surface area contributed by atoms with Gasteiger partial charge < -0.3 is 9.53 Å². The highest BCUT2D eigenvalue weighted by Crippen LogP contribution is 2.46. The number of fused-ring (bicyclic) bond motifs is 1. The van der Waals surface area contributed by atoms with Gasteiger partial charge in [0.05, 0.1) is 12.5 Å². The van der Waals surface area contributed by atoms with Gasteiger partial charge in [-0.15, -0.1) is 0 Å². The topological polar surface area (TPSA) is 26.3 Å². The van der Waals surface area contributed by atoms with Gasteiger partial charge in [-0.2, -0.15) is 0 Å². The van der Waals surface area contributed by atoms with Gasteiger partial charge in [0.15, 0.2) is 0 Å². The van der Waals surface area contributed by atoms with Crippen LogP contribution in [0.3, 0.4) is 0 Å². The average Bonchev–Trinajstić information content (AvgIpc) is 3.18. The number of methoxy groups -OCH3 is 1. The van der Waals surface area contributed by atoms with Gasteiger partial charge in [-0.05, 0) is 41.3 Å². The molecule has 2 aromatic rings. The molecule has 0 amide bonds. The molecule has 0 aromatic heterocycles. The van der Waals surface area contributed by atoms with Crippen molar-refractivity contribution < 1.29 is 9.53 Å². The molecule has 3 rings (SSSR count). The molecule has 17 heavy (non-hydrogen) atoms. The standard InChI is InChI=1S/C15H14O2/c1-17-14-5-3-11-2-4-13(8-12(11)9-14)15(10-16)6-7-15/h2-5,8-10H,6-7H2,1H3. The number of hydrogen-bond acceptors (Lipinski definition) is 2. The van der Waals surface area contributed by atoms with Gasteiger partial charge in [0.2, 0.25) is 0 Å². The molecule has 0 radical (unpaired) electrons. The van der Waals surface area contributed by atoms with Gasteiger partial charge in [-0.1, -0.05) is 24.3 Å². The molecule has 86 valence electrons. The number of rotatable bonds is 3. The molecule has 0 N–H and O–H groups in total. The zero-order valence-corrected chi connectivity index (χ0v) is 9.77. The molecular formula is C15H14O2. The fourth-order valence-corrected chi connectivity index (χ4v) is 2.27. The van der Waals surface area contributed by atoms with Crippen molar-refractivity contribution in [2.24, 2.45) is 0 Å². The molecule has 0 spiro atoms. The van der Waals surface area contributed by atoms with Crippen LogP contribution in [0.5, 0.6) is 5.75 Å². The zero-order valence-electron chi connectivity index (χ0n) is 9.77. The van der Waals surface area contributed by atoms with Crippen molar-refractivity contribution in [3.8, 4) is 5.75 Å².